The molecule has 204 valence electrons. The Morgan fingerprint density at radius 3 is 2.77 bits per heavy atom. The van der Waals surface area contributed by atoms with Crippen molar-refractivity contribution in [1.82, 2.24) is 24.8 Å². The van der Waals surface area contributed by atoms with Crippen LogP contribution in [0, 0.1) is 11.7 Å². The van der Waals surface area contributed by atoms with Crippen molar-refractivity contribution in [2.45, 2.75) is 25.4 Å². The summed E-state index contributed by atoms with van der Waals surface area (Å²) in [5, 5.41) is 0.764. The number of morpholine rings is 1. The maximum atomic E-state index is 15.2. The van der Waals surface area contributed by atoms with E-state index in [1.807, 2.05) is 12.3 Å². The van der Waals surface area contributed by atoms with E-state index in [1.165, 1.54) is 12.5 Å². The zero-order chi connectivity index (χ0) is 26.5. The number of piperidine rings is 1. The van der Waals surface area contributed by atoms with Crippen LogP contribution in [0.4, 0.5) is 10.2 Å². The first-order valence-corrected chi connectivity index (χ1v) is 14.5. The van der Waals surface area contributed by atoms with Crippen LogP contribution in [-0.2, 0) is 16.1 Å². The quantitative estimate of drug-likeness (QED) is 0.381. The molecule has 3 N–H and O–H groups in total. The molecule has 7 rings (SSSR count). The van der Waals surface area contributed by atoms with Gasteiger partial charge in [0, 0.05) is 60.7 Å². The van der Waals surface area contributed by atoms with E-state index < -0.39 is 0 Å². The number of nitrogens with zero attached hydrogens (tertiary/aromatic N) is 5. The maximum Gasteiger partial charge on any atom is 0.223 e. The van der Waals surface area contributed by atoms with Gasteiger partial charge in [-0.2, -0.15) is 0 Å². The van der Waals surface area contributed by atoms with Crippen molar-refractivity contribution >= 4 is 44.2 Å². The Kier molecular flexibility index (Phi) is 6.46. The van der Waals surface area contributed by atoms with Crippen molar-refractivity contribution in [2.24, 2.45) is 11.7 Å². The largest absolute Gasteiger partial charge is 0.378 e. The molecule has 0 aliphatic carbocycles. The lowest BCUT2D eigenvalue weighted by atomic mass is 9.88. The Hall–Kier alpha value is -3.12. The van der Waals surface area contributed by atoms with Gasteiger partial charge in [0.15, 0.2) is 11.6 Å². The maximum absolute atomic E-state index is 15.2. The number of aromatic nitrogens is 3. The Morgan fingerprint density at radius 1 is 1.15 bits per heavy atom. The first-order chi connectivity index (χ1) is 19.0. The molecule has 3 saturated heterocycles. The summed E-state index contributed by atoms with van der Waals surface area (Å²) in [4.78, 5) is 33.5. The minimum Gasteiger partial charge on any atom is -0.378 e. The van der Waals surface area contributed by atoms with Crippen molar-refractivity contribution in [3.05, 3.63) is 41.2 Å². The summed E-state index contributed by atoms with van der Waals surface area (Å²) in [6.45, 7) is 7.13. The van der Waals surface area contributed by atoms with E-state index in [0.717, 1.165) is 77.5 Å². The van der Waals surface area contributed by atoms with Crippen molar-refractivity contribution in [3.63, 3.8) is 0 Å². The van der Waals surface area contributed by atoms with Gasteiger partial charge in [-0.25, -0.2) is 14.4 Å². The predicted octanol–water partition coefficient (Wildman–Crippen LogP) is 3.20. The van der Waals surface area contributed by atoms with Crippen molar-refractivity contribution in [2.75, 3.05) is 57.4 Å². The lowest BCUT2D eigenvalue weighted by molar-refractivity contribution is -0.127. The van der Waals surface area contributed by atoms with Gasteiger partial charge < -0.3 is 20.4 Å². The number of rotatable bonds is 6. The van der Waals surface area contributed by atoms with Gasteiger partial charge in [-0.3, -0.25) is 14.6 Å². The molecule has 0 unspecified atom stereocenters. The Bertz CT molecular complexity index is 1530. The van der Waals surface area contributed by atoms with E-state index in [4.69, 9.17) is 20.4 Å². The minimum atomic E-state index is -0.340. The number of likely N-dealkylation sites (tertiary alicyclic amines) is 2. The average molecular weight is 550 g/mol. The van der Waals surface area contributed by atoms with Crippen LogP contribution >= 0.6 is 11.3 Å². The second-order valence-corrected chi connectivity index (χ2v) is 11.9. The molecule has 0 radical (unpaired) electrons. The van der Waals surface area contributed by atoms with Gasteiger partial charge >= 0.3 is 0 Å². The molecule has 0 spiro atoms. The Morgan fingerprint density at radius 2 is 2.00 bits per heavy atom. The molecule has 4 aromatic rings. The summed E-state index contributed by atoms with van der Waals surface area (Å²) in [5.41, 5.74) is 7.93. The van der Waals surface area contributed by atoms with E-state index in [1.54, 1.807) is 17.4 Å². The molecular weight excluding hydrogens is 517 g/mol. The molecule has 3 fully saturated rings. The number of nitrogens with one attached hydrogen (secondary N) is 1. The predicted molar refractivity (Wildman–Crippen MR) is 150 cm³/mol. The number of amides is 1. The van der Waals surface area contributed by atoms with Gasteiger partial charge in [-0.1, -0.05) is 0 Å². The number of ether oxygens (including phenoxy) is 1. The lowest BCUT2D eigenvalue weighted by Gasteiger charge is -2.46. The monoisotopic (exact) mass is 549 g/mol. The van der Waals surface area contributed by atoms with Gasteiger partial charge in [-0.05, 0) is 50.2 Å². The van der Waals surface area contributed by atoms with Crippen LogP contribution in [0.5, 0.6) is 0 Å². The molecule has 9 nitrogen and oxygen atoms in total. The zero-order valence-electron chi connectivity index (χ0n) is 21.7. The Balaban J connectivity index is 1.24. The molecule has 39 heavy (non-hydrogen) atoms. The number of hydrogen-bond acceptors (Lipinski definition) is 8. The van der Waals surface area contributed by atoms with Gasteiger partial charge in [0.05, 0.1) is 34.9 Å². The van der Waals surface area contributed by atoms with Crippen LogP contribution in [0.25, 0.3) is 32.5 Å². The second-order valence-electron chi connectivity index (χ2n) is 10.7. The fourth-order valence-corrected chi connectivity index (χ4v) is 7.39. The van der Waals surface area contributed by atoms with Crippen molar-refractivity contribution < 1.29 is 13.9 Å². The number of nitrogens with two attached hydrogens (primary N) is 1. The Labute approximate surface area is 229 Å². The summed E-state index contributed by atoms with van der Waals surface area (Å²) in [6.07, 6.45) is 3.95. The number of carbonyl (C=O) groups is 1. The van der Waals surface area contributed by atoms with Crippen LogP contribution in [0.2, 0.25) is 0 Å². The van der Waals surface area contributed by atoms with E-state index >= 15 is 4.39 Å². The minimum absolute atomic E-state index is 0.159. The molecular formula is C28H32FN7O2S. The molecule has 0 saturated carbocycles. The van der Waals surface area contributed by atoms with E-state index in [-0.39, 0.29) is 23.7 Å². The van der Waals surface area contributed by atoms with Gasteiger partial charge in [0.1, 0.15) is 5.82 Å². The topological polar surface area (TPSA) is 104 Å². The number of fused-ring (bicyclic) bond motifs is 2. The number of H-pyrrole nitrogens is 1. The number of carbonyl (C=O) groups excluding carboxylic acids is 1. The van der Waals surface area contributed by atoms with Crippen molar-refractivity contribution in [3.8, 4) is 11.4 Å². The van der Waals surface area contributed by atoms with Crippen LogP contribution in [0.15, 0.2) is 30.5 Å². The number of halogens is 1. The van der Waals surface area contributed by atoms with Crippen LogP contribution in [-0.4, -0.2) is 89.2 Å². The highest BCUT2D eigenvalue weighted by Crippen LogP contribution is 2.38. The van der Waals surface area contributed by atoms with E-state index in [9.17, 15) is 4.79 Å². The molecule has 2 atom stereocenters. The van der Waals surface area contributed by atoms with E-state index in [2.05, 4.69) is 25.8 Å². The van der Waals surface area contributed by atoms with Gasteiger partial charge in [-0.15, -0.1) is 11.3 Å². The molecule has 1 amide bonds. The molecule has 3 aromatic heterocycles. The fraction of sp³-hybridized carbons (Fsp3) is 0.464. The standard InChI is InChI=1S/C28H32FN7O2S/c29-20-2-3-21-18(4-6-31-21)24(20)27-32-22-14-17(39-25(22)28(33-27)36-10-12-38-13-11-36)15-34-9-5-23(35-7-1-8-35)19(16-34)26(30)37/h2-4,6,14,19,23,31H,1,5,7-13,15-16H2,(H2,30,37)/t19-,23-/m0/s1. The average Bonchev–Trinajstić information content (AvgIpc) is 3.55. The van der Waals surface area contributed by atoms with Crippen LogP contribution in [0.3, 0.4) is 0 Å². The first-order valence-electron chi connectivity index (χ1n) is 13.7. The fourth-order valence-electron chi connectivity index (χ4n) is 6.24. The molecule has 6 heterocycles. The highest BCUT2D eigenvalue weighted by atomic mass is 32.1. The SMILES string of the molecule is NC(=O)[C@H]1CN(Cc2cc3nc(-c4c(F)ccc5[nH]ccc45)nc(N4CCOCC4)c3s2)CC[C@@H]1N1CCC1. The third-order valence-corrected chi connectivity index (χ3v) is 9.49. The molecule has 0 bridgehead atoms. The summed E-state index contributed by atoms with van der Waals surface area (Å²) in [6, 6.07) is 7.43. The molecule has 11 heteroatoms. The number of primary amides is 1. The van der Waals surface area contributed by atoms with Crippen LogP contribution < -0.4 is 10.6 Å². The number of anilines is 1. The number of benzene rings is 1. The van der Waals surface area contributed by atoms with Gasteiger partial charge in [0.2, 0.25) is 5.91 Å². The third-order valence-electron chi connectivity index (χ3n) is 8.39. The molecule has 3 aliphatic rings. The molecule has 1 aromatic carbocycles. The summed E-state index contributed by atoms with van der Waals surface area (Å²) in [5.74, 6) is 0.508. The lowest BCUT2D eigenvalue weighted by Crippen LogP contribution is -2.58. The molecule has 3 aliphatic heterocycles. The smallest absolute Gasteiger partial charge is 0.223 e. The first kappa shape index (κ1) is 24.9. The highest BCUT2D eigenvalue weighted by molar-refractivity contribution is 7.19. The highest BCUT2D eigenvalue weighted by Gasteiger charge is 2.38. The number of hydrogen-bond donors (Lipinski definition) is 2. The third kappa shape index (κ3) is 4.57. The number of thiophene rings is 1. The zero-order valence-corrected chi connectivity index (χ0v) is 22.6. The summed E-state index contributed by atoms with van der Waals surface area (Å²) >= 11 is 1.68. The second kappa shape index (κ2) is 10.1. The normalized spacial score (nSPS) is 22.9. The van der Waals surface area contributed by atoms with Crippen molar-refractivity contribution in [1.29, 1.82) is 0 Å². The summed E-state index contributed by atoms with van der Waals surface area (Å²) in [7, 11) is 0. The summed E-state index contributed by atoms with van der Waals surface area (Å²) < 4.78 is 21.8. The van der Waals surface area contributed by atoms with Gasteiger partial charge in [0.25, 0.3) is 0 Å². The van der Waals surface area contributed by atoms with Crippen LogP contribution in [0.1, 0.15) is 17.7 Å². The number of aromatic amines is 1. The van der Waals surface area contributed by atoms with E-state index in [0.29, 0.717) is 31.1 Å².